The predicted octanol–water partition coefficient (Wildman–Crippen LogP) is 2.53. The normalized spacial score (nSPS) is 14.8. The van der Waals surface area contributed by atoms with E-state index < -0.39 is 47.3 Å². The molecule has 0 atom stereocenters. The maximum Gasteiger partial charge on any atom is 0.410 e. The smallest absolute Gasteiger partial charge is 0.410 e. The first-order valence-corrected chi connectivity index (χ1v) is 8.94. The number of hydrogen-bond acceptors (Lipinski definition) is 4. The minimum Gasteiger partial charge on any atom is -0.444 e. The summed E-state index contributed by atoms with van der Waals surface area (Å²) in [5.74, 6) is -5.18. The van der Waals surface area contributed by atoms with Gasteiger partial charge in [-0.15, -0.1) is 24.0 Å². The fourth-order valence-electron chi connectivity index (χ4n) is 2.51. The van der Waals surface area contributed by atoms with Crippen LogP contribution in [0.2, 0.25) is 0 Å². The van der Waals surface area contributed by atoms with E-state index in [9.17, 15) is 22.8 Å². The van der Waals surface area contributed by atoms with E-state index in [0.29, 0.717) is 32.2 Å². The summed E-state index contributed by atoms with van der Waals surface area (Å²) in [5.41, 5.74) is 4.78. The average Bonchev–Trinajstić information content (AvgIpc) is 2.65. The number of benzene rings is 1. The van der Waals surface area contributed by atoms with Crippen LogP contribution >= 0.6 is 24.0 Å². The van der Waals surface area contributed by atoms with E-state index in [1.54, 1.807) is 30.6 Å². The number of nitrogens with two attached hydrogens (primary N) is 1. The molecule has 1 aliphatic rings. The monoisotopic (exact) mass is 543 g/mol. The standard InChI is InChI=1S/C18H24F3N5O3.HI/c1-18(2,3)29-17(28)26-8-6-25(7-9-26)16(22)23-10-13(27)24-12-5-4-11(19)14(20)15(12)21;/h4-5H,6-10H2,1-3H3,(H2,22,23)(H,24,27);1H. The fourth-order valence-corrected chi connectivity index (χ4v) is 2.51. The molecule has 168 valence electrons. The van der Waals surface area contributed by atoms with Crippen molar-refractivity contribution in [3.63, 3.8) is 0 Å². The molecule has 8 nitrogen and oxygen atoms in total. The number of aliphatic imine (C=N–C) groups is 1. The van der Waals surface area contributed by atoms with Crippen molar-refractivity contribution in [2.45, 2.75) is 26.4 Å². The lowest BCUT2D eigenvalue weighted by molar-refractivity contribution is -0.114. The molecule has 0 saturated carbocycles. The number of halogens is 4. The molecule has 0 aromatic heterocycles. The summed E-state index contributed by atoms with van der Waals surface area (Å²) in [4.78, 5) is 31.1. The number of ether oxygens (including phenoxy) is 1. The molecular formula is C18H25F3IN5O3. The maximum atomic E-state index is 13.6. The Morgan fingerprint density at radius 3 is 2.23 bits per heavy atom. The molecule has 2 amide bonds. The molecular weight excluding hydrogens is 518 g/mol. The van der Waals surface area contributed by atoms with Crippen molar-refractivity contribution in [1.29, 1.82) is 0 Å². The zero-order valence-corrected chi connectivity index (χ0v) is 19.2. The summed E-state index contributed by atoms with van der Waals surface area (Å²) in [6.45, 7) is 6.45. The van der Waals surface area contributed by atoms with Crippen molar-refractivity contribution in [2.24, 2.45) is 10.7 Å². The van der Waals surface area contributed by atoms with E-state index in [1.165, 1.54) is 0 Å². The molecule has 3 N–H and O–H groups in total. The van der Waals surface area contributed by atoms with Crippen LogP contribution in [0.1, 0.15) is 20.8 Å². The molecule has 12 heteroatoms. The van der Waals surface area contributed by atoms with Crippen LogP contribution in [0.5, 0.6) is 0 Å². The summed E-state index contributed by atoms with van der Waals surface area (Å²) in [5, 5.41) is 2.11. The molecule has 30 heavy (non-hydrogen) atoms. The van der Waals surface area contributed by atoms with Crippen LogP contribution < -0.4 is 11.1 Å². The second-order valence-electron chi connectivity index (χ2n) is 7.40. The van der Waals surface area contributed by atoms with Crippen molar-refractivity contribution < 1.29 is 27.5 Å². The molecule has 2 rings (SSSR count). The van der Waals surface area contributed by atoms with Crippen LogP contribution in [0.15, 0.2) is 17.1 Å². The van der Waals surface area contributed by atoms with E-state index >= 15 is 0 Å². The summed E-state index contributed by atoms with van der Waals surface area (Å²) in [6.07, 6.45) is -0.416. The minimum atomic E-state index is -1.67. The Bertz CT molecular complexity index is 809. The highest BCUT2D eigenvalue weighted by molar-refractivity contribution is 14.0. The lowest BCUT2D eigenvalue weighted by Crippen LogP contribution is -2.53. The number of piperazine rings is 1. The number of amides is 2. The number of hydrogen-bond donors (Lipinski definition) is 2. The Labute approximate surface area is 189 Å². The van der Waals surface area contributed by atoms with Gasteiger partial charge in [-0.25, -0.2) is 23.0 Å². The highest BCUT2D eigenvalue weighted by atomic mass is 127. The molecule has 0 unspecified atom stereocenters. The van der Waals surface area contributed by atoms with Crippen molar-refractivity contribution in [1.82, 2.24) is 9.80 Å². The van der Waals surface area contributed by atoms with Gasteiger partial charge in [-0.1, -0.05) is 0 Å². The second kappa shape index (κ2) is 10.7. The first-order chi connectivity index (χ1) is 13.5. The molecule has 1 aromatic rings. The summed E-state index contributed by atoms with van der Waals surface area (Å²) in [6, 6.07) is 1.62. The average molecular weight is 543 g/mol. The van der Waals surface area contributed by atoms with Gasteiger partial charge in [0.1, 0.15) is 12.1 Å². The van der Waals surface area contributed by atoms with Gasteiger partial charge in [0.05, 0.1) is 5.69 Å². The number of guanidine groups is 1. The molecule has 0 spiro atoms. The Kier molecular flexibility index (Phi) is 9.18. The Morgan fingerprint density at radius 1 is 1.10 bits per heavy atom. The van der Waals surface area contributed by atoms with Gasteiger partial charge in [-0.3, -0.25) is 4.79 Å². The van der Waals surface area contributed by atoms with E-state index in [2.05, 4.69) is 10.3 Å². The van der Waals surface area contributed by atoms with Crippen LogP contribution in [0, 0.1) is 17.5 Å². The topological polar surface area (TPSA) is 100 Å². The first kappa shape index (κ1) is 25.8. The Balaban J connectivity index is 0.00000450. The largest absolute Gasteiger partial charge is 0.444 e. The van der Waals surface area contributed by atoms with Gasteiger partial charge in [-0.05, 0) is 32.9 Å². The summed E-state index contributed by atoms with van der Waals surface area (Å²) >= 11 is 0. The molecule has 0 radical (unpaired) electrons. The highest BCUT2D eigenvalue weighted by Crippen LogP contribution is 2.19. The molecule has 0 bridgehead atoms. The number of carbonyl (C=O) groups is 2. The third kappa shape index (κ3) is 7.22. The molecule has 1 aromatic carbocycles. The SMILES string of the molecule is CC(C)(C)OC(=O)N1CCN(C(N)=NCC(=O)Nc2ccc(F)c(F)c2F)CC1.I. The van der Waals surface area contributed by atoms with Gasteiger partial charge in [0.25, 0.3) is 0 Å². The second-order valence-corrected chi connectivity index (χ2v) is 7.40. The third-order valence-electron chi connectivity index (χ3n) is 3.95. The van der Waals surface area contributed by atoms with Crippen molar-refractivity contribution >= 4 is 47.6 Å². The van der Waals surface area contributed by atoms with Crippen molar-refractivity contribution in [3.8, 4) is 0 Å². The predicted molar refractivity (Wildman–Crippen MR) is 116 cm³/mol. The lowest BCUT2D eigenvalue weighted by atomic mass is 10.2. The van der Waals surface area contributed by atoms with Gasteiger partial charge >= 0.3 is 6.09 Å². The Morgan fingerprint density at radius 2 is 1.67 bits per heavy atom. The first-order valence-electron chi connectivity index (χ1n) is 8.94. The number of nitrogens with one attached hydrogen (secondary N) is 1. The highest BCUT2D eigenvalue weighted by Gasteiger charge is 2.26. The quantitative estimate of drug-likeness (QED) is 0.264. The molecule has 1 heterocycles. The van der Waals surface area contributed by atoms with Crippen LogP contribution in [0.3, 0.4) is 0 Å². The molecule has 0 aliphatic carbocycles. The minimum absolute atomic E-state index is 0. The van der Waals surface area contributed by atoms with E-state index in [0.717, 1.165) is 6.07 Å². The zero-order valence-electron chi connectivity index (χ0n) is 16.9. The van der Waals surface area contributed by atoms with Crippen LogP contribution in [-0.2, 0) is 9.53 Å². The van der Waals surface area contributed by atoms with E-state index in [-0.39, 0.29) is 29.9 Å². The van der Waals surface area contributed by atoms with Crippen LogP contribution in [0.4, 0.5) is 23.7 Å². The zero-order chi connectivity index (χ0) is 21.8. The van der Waals surface area contributed by atoms with Gasteiger partial charge in [0, 0.05) is 26.2 Å². The van der Waals surface area contributed by atoms with Gasteiger partial charge < -0.3 is 25.6 Å². The van der Waals surface area contributed by atoms with Gasteiger partial charge in [-0.2, -0.15) is 0 Å². The van der Waals surface area contributed by atoms with Crippen LogP contribution in [-0.4, -0.2) is 66.1 Å². The van der Waals surface area contributed by atoms with Gasteiger partial charge in [0.2, 0.25) is 5.91 Å². The number of anilines is 1. The molecule has 1 saturated heterocycles. The number of carbonyl (C=O) groups excluding carboxylic acids is 2. The lowest BCUT2D eigenvalue weighted by Gasteiger charge is -2.36. The summed E-state index contributed by atoms with van der Waals surface area (Å²) in [7, 11) is 0. The number of nitrogens with zero attached hydrogens (tertiary/aromatic N) is 3. The Hall–Kier alpha value is -2.25. The number of rotatable bonds is 3. The van der Waals surface area contributed by atoms with Crippen molar-refractivity contribution in [2.75, 3.05) is 38.0 Å². The van der Waals surface area contributed by atoms with Crippen molar-refractivity contribution in [3.05, 3.63) is 29.6 Å². The third-order valence-corrected chi connectivity index (χ3v) is 3.95. The fraction of sp³-hybridized carbons (Fsp3) is 0.500. The maximum absolute atomic E-state index is 13.6. The van der Waals surface area contributed by atoms with Crippen LogP contribution in [0.25, 0.3) is 0 Å². The summed E-state index contributed by atoms with van der Waals surface area (Å²) < 4.78 is 45.0. The molecule has 1 aliphatic heterocycles. The van der Waals surface area contributed by atoms with E-state index in [4.69, 9.17) is 10.5 Å². The van der Waals surface area contributed by atoms with Gasteiger partial charge in [0.15, 0.2) is 23.4 Å². The van der Waals surface area contributed by atoms with E-state index in [1.807, 2.05) is 0 Å². The molecule has 1 fully saturated rings.